The quantitative estimate of drug-likeness (QED) is 0.238. The van der Waals surface area contributed by atoms with Crippen molar-refractivity contribution in [3.8, 4) is 0 Å². The zero-order chi connectivity index (χ0) is 3.58. The molecule has 0 radical (unpaired) electrons. The second-order valence-corrected chi connectivity index (χ2v) is 0.238. The fraction of sp³-hybridized carbons (Fsp3) is 0. The molecule has 0 bridgehead atoms. The van der Waals surface area contributed by atoms with E-state index in [-0.39, 0.29) is 35.7 Å². The van der Waals surface area contributed by atoms with Crippen molar-refractivity contribution >= 4 is 29.6 Å². The van der Waals surface area contributed by atoms with Crippen molar-refractivity contribution in [3.63, 3.8) is 0 Å². The van der Waals surface area contributed by atoms with E-state index in [9.17, 15) is 0 Å². The second kappa shape index (κ2) is 8.94. The van der Waals surface area contributed by atoms with Gasteiger partial charge < -0.3 is 11.4 Å². The van der Waals surface area contributed by atoms with Gasteiger partial charge in [0.05, 0.1) is 0 Å². The molecule has 6 heavy (non-hydrogen) atoms. The molecule has 0 aromatic heterocycles. The molecule has 6 heteroatoms. The Morgan fingerprint density at radius 1 is 1.67 bits per heavy atom. The summed E-state index contributed by atoms with van der Waals surface area (Å²) in [6.07, 6.45) is 0. The summed E-state index contributed by atoms with van der Waals surface area (Å²) < 4.78 is 0. The molecule has 0 heterocycles. The molecule has 0 aromatic carbocycles. The van der Waals surface area contributed by atoms with Gasteiger partial charge in [0.25, 0.3) is 5.09 Å². The van der Waals surface area contributed by atoms with Crippen LogP contribution < -0.4 is 6.15 Å². The van der Waals surface area contributed by atoms with E-state index in [2.05, 4.69) is 0 Å². The standard InChI is InChI=1S/HNO3.H3N.Na.H/c2-1(3)4;;;/h(H,2,3,4);1H3;;. The summed E-state index contributed by atoms with van der Waals surface area (Å²) in [7, 11) is 0. The van der Waals surface area contributed by atoms with Gasteiger partial charge in [-0.25, -0.2) is 0 Å². The number of nitrogens with zero attached hydrogens (tertiary/aromatic N) is 1. The Labute approximate surface area is 56.3 Å². The molecule has 0 aliphatic carbocycles. The monoisotopic (exact) mass is 104 g/mol. The van der Waals surface area contributed by atoms with Crippen LogP contribution in [-0.4, -0.2) is 39.9 Å². The molecule has 0 saturated carbocycles. The van der Waals surface area contributed by atoms with Crippen LogP contribution in [0.1, 0.15) is 0 Å². The van der Waals surface area contributed by atoms with E-state index in [1.165, 1.54) is 0 Å². The van der Waals surface area contributed by atoms with Gasteiger partial charge >= 0.3 is 29.6 Å². The van der Waals surface area contributed by atoms with Crippen LogP contribution in [0.25, 0.3) is 0 Å². The minimum atomic E-state index is -1.50. The average Bonchev–Trinajstić information content (AvgIpc) is 0.811. The van der Waals surface area contributed by atoms with E-state index < -0.39 is 5.09 Å². The van der Waals surface area contributed by atoms with E-state index in [0.29, 0.717) is 0 Å². The first-order chi connectivity index (χ1) is 1.73. The summed E-state index contributed by atoms with van der Waals surface area (Å²) in [5.41, 5.74) is 0. The van der Waals surface area contributed by atoms with Crippen molar-refractivity contribution in [3.05, 3.63) is 10.1 Å². The molecule has 0 spiro atoms. The summed E-state index contributed by atoms with van der Waals surface area (Å²) in [6.45, 7) is 0. The van der Waals surface area contributed by atoms with Gasteiger partial charge in [-0.05, 0) is 0 Å². The van der Waals surface area contributed by atoms with E-state index >= 15 is 0 Å². The summed E-state index contributed by atoms with van der Waals surface area (Å²) in [4.78, 5) is 8.36. The van der Waals surface area contributed by atoms with Crippen LogP contribution in [0.5, 0.6) is 0 Å². The second-order valence-electron chi connectivity index (χ2n) is 0.238. The molecule has 0 aromatic rings. The molecule has 0 aliphatic heterocycles. The summed E-state index contributed by atoms with van der Waals surface area (Å²) in [5.74, 6) is 0. The third-order valence-electron chi connectivity index (χ3n) is 0. The molecular weight excluding hydrogens is 99.0 g/mol. The maximum absolute atomic E-state index is 8.36. The Morgan fingerprint density at radius 2 is 1.67 bits per heavy atom. The number of hydrogen-bond donors (Lipinski definition) is 2. The Hall–Kier alpha value is 0.160. The molecule has 34 valence electrons. The Bertz CT molecular complexity index is 31.8. The normalized spacial score (nSPS) is 4.00. The van der Waals surface area contributed by atoms with Crippen molar-refractivity contribution in [2.24, 2.45) is 0 Å². The number of rotatable bonds is 0. The molecule has 0 rings (SSSR count). The third kappa shape index (κ3) is 1620. The SMILES string of the molecule is N.O=[N+]([O-])O.[NaH]. The van der Waals surface area contributed by atoms with Gasteiger partial charge in [-0.2, -0.15) is 0 Å². The predicted molar refractivity (Wildman–Crippen MR) is 21.0 cm³/mol. The van der Waals surface area contributed by atoms with Gasteiger partial charge in [0.15, 0.2) is 0 Å². The minimum absolute atomic E-state index is 0. The van der Waals surface area contributed by atoms with Crippen LogP contribution in [0, 0.1) is 10.1 Å². The molecule has 0 atom stereocenters. The van der Waals surface area contributed by atoms with Crippen molar-refractivity contribution in [2.45, 2.75) is 0 Å². The number of hydrogen-bond acceptors (Lipinski definition) is 3. The van der Waals surface area contributed by atoms with Crippen LogP contribution in [0.3, 0.4) is 0 Å². The Balaban J connectivity index is -0.0000000450. The molecule has 0 saturated heterocycles. The molecule has 5 nitrogen and oxygen atoms in total. The molecule has 0 unspecified atom stereocenters. The fourth-order valence-corrected chi connectivity index (χ4v) is 0. The van der Waals surface area contributed by atoms with Crippen molar-refractivity contribution in [2.75, 3.05) is 0 Å². The first-order valence-electron chi connectivity index (χ1n) is 0.565. The molecule has 0 fully saturated rings. The summed E-state index contributed by atoms with van der Waals surface area (Å²) >= 11 is 0. The first kappa shape index (κ1) is 16.4. The van der Waals surface area contributed by atoms with E-state index in [4.69, 9.17) is 15.3 Å². The first-order valence-corrected chi connectivity index (χ1v) is 0.565. The van der Waals surface area contributed by atoms with Gasteiger partial charge in [0, 0.05) is 0 Å². The van der Waals surface area contributed by atoms with Crippen molar-refractivity contribution in [1.82, 2.24) is 6.15 Å². The van der Waals surface area contributed by atoms with Gasteiger partial charge in [-0.1, -0.05) is 0 Å². The van der Waals surface area contributed by atoms with E-state index in [1.807, 2.05) is 0 Å². The molecule has 0 amide bonds. The van der Waals surface area contributed by atoms with Gasteiger partial charge in [0.2, 0.25) is 0 Å². The fourth-order valence-electron chi connectivity index (χ4n) is 0. The van der Waals surface area contributed by atoms with Crippen LogP contribution in [0.4, 0.5) is 0 Å². The Kier molecular flexibility index (Phi) is 24.5. The predicted octanol–water partition coefficient (Wildman–Crippen LogP) is -0.834. The van der Waals surface area contributed by atoms with Gasteiger partial charge in [-0.3, -0.25) is 0 Å². The van der Waals surface area contributed by atoms with Crippen LogP contribution >= 0.6 is 0 Å². The van der Waals surface area contributed by atoms with Crippen LogP contribution in [-0.2, 0) is 0 Å². The average molecular weight is 104 g/mol. The zero-order valence-corrected chi connectivity index (χ0v) is 2.42. The van der Waals surface area contributed by atoms with Gasteiger partial charge in [0.1, 0.15) is 0 Å². The van der Waals surface area contributed by atoms with Crippen molar-refractivity contribution < 1.29 is 10.3 Å². The molecule has 0 aliphatic rings. The topological polar surface area (TPSA) is 98.4 Å². The van der Waals surface area contributed by atoms with Crippen LogP contribution in [0.15, 0.2) is 0 Å². The zero-order valence-electron chi connectivity index (χ0n) is 2.42. The molecule has 4 N–H and O–H groups in total. The summed E-state index contributed by atoms with van der Waals surface area (Å²) in [6, 6.07) is 0. The van der Waals surface area contributed by atoms with Gasteiger partial charge in [-0.15, -0.1) is 10.1 Å². The van der Waals surface area contributed by atoms with E-state index in [1.54, 1.807) is 0 Å². The third-order valence-corrected chi connectivity index (χ3v) is 0. The van der Waals surface area contributed by atoms with E-state index in [0.717, 1.165) is 0 Å². The van der Waals surface area contributed by atoms with Crippen LogP contribution in [0.2, 0.25) is 0 Å². The van der Waals surface area contributed by atoms with Crippen molar-refractivity contribution in [1.29, 1.82) is 0 Å². The molecular formula is H5N2NaO3. The Morgan fingerprint density at radius 3 is 1.67 bits per heavy atom. The summed E-state index contributed by atoms with van der Waals surface area (Å²) in [5, 5.41) is 13.6. The maximum atomic E-state index is 8.36.